The molecule has 2 aliphatic heterocycles. The van der Waals surface area contributed by atoms with Crippen molar-refractivity contribution in [2.24, 2.45) is 0 Å². The molecule has 0 bridgehead atoms. The summed E-state index contributed by atoms with van der Waals surface area (Å²) in [6.07, 6.45) is 1.77. The number of carbonyl (C=O) groups is 2. The average Bonchev–Trinajstić information content (AvgIpc) is 3.18. The van der Waals surface area contributed by atoms with E-state index in [2.05, 4.69) is 44.3 Å². The highest BCUT2D eigenvalue weighted by Crippen LogP contribution is 2.36. The van der Waals surface area contributed by atoms with Crippen LogP contribution in [0.4, 0.5) is 5.69 Å². The van der Waals surface area contributed by atoms with Gasteiger partial charge in [0.2, 0.25) is 0 Å². The number of amides is 2. The highest BCUT2D eigenvalue weighted by molar-refractivity contribution is 8.26. The Labute approximate surface area is 232 Å². The Hall–Kier alpha value is -2.76. The molecule has 0 atom stereocenters. The number of methoxy groups -OCH3 is 1. The molecule has 2 aromatic carbocycles. The van der Waals surface area contributed by atoms with Crippen molar-refractivity contribution in [2.75, 3.05) is 38.6 Å². The van der Waals surface area contributed by atoms with Crippen molar-refractivity contribution in [1.29, 1.82) is 0 Å². The van der Waals surface area contributed by atoms with E-state index >= 15 is 0 Å². The number of hydrogen-bond donors (Lipinski definition) is 1. The van der Waals surface area contributed by atoms with Crippen LogP contribution in [0.2, 0.25) is 0 Å². The summed E-state index contributed by atoms with van der Waals surface area (Å²) in [5.41, 5.74) is 4.48. The molecule has 0 aliphatic carbocycles. The molecule has 0 aromatic heterocycles. The van der Waals surface area contributed by atoms with Crippen LogP contribution in [0.3, 0.4) is 0 Å². The zero-order valence-corrected chi connectivity index (χ0v) is 23.6. The van der Waals surface area contributed by atoms with Crippen LogP contribution in [0.5, 0.6) is 5.75 Å². The fraction of sp³-hybridized carbons (Fsp3) is 0.393. The van der Waals surface area contributed by atoms with Gasteiger partial charge in [-0.1, -0.05) is 69.0 Å². The first kappa shape index (κ1) is 28.3. The van der Waals surface area contributed by atoms with Gasteiger partial charge in [-0.2, -0.15) is 0 Å². The quantitative estimate of drug-likeness (QED) is 0.198. The third-order valence-corrected chi connectivity index (χ3v) is 7.15. The molecule has 10 heteroatoms. The Kier molecular flexibility index (Phi) is 9.22. The predicted octanol–water partition coefficient (Wildman–Crippen LogP) is 4.54. The van der Waals surface area contributed by atoms with E-state index in [9.17, 15) is 9.59 Å². The number of ether oxygens (including phenoxy) is 4. The minimum absolute atomic E-state index is 0.0340. The maximum atomic E-state index is 13.0. The first-order valence-electron chi connectivity index (χ1n) is 12.2. The van der Waals surface area contributed by atoms with Crippen LogP contribution in [0.1, 0.15) is 43.0 Å². The number of fused-ring (bicyclic) bond motifs is 1. The number of rotatable bonds is 10. The van der Waals surface area contributed by atoms with E-state index < -0.39 is 0 Å². The number of carbonyl (C=O) groups excluding carboxylic acids is 2. The van der Waals surface area contributed by atoms with Crippen molar-refractivity contribution < 1.29 is 28.5 Å². The molecule has 1 fully saturated rings. The monoisotopic (exact) mass is 556 g/mol. The number of thiocarbonyl (C=S) groups is 1. The molecule has 1 saturated heterocycles. The fourth-order valence-corrected chi connectivity index (χ4v) is 5.07. The zero-order valence-electron chi connectivity index (χ0n) is 22.0. The topological polar surface area (TPSA) is 86.3 Å². The van der Waals surface area contributed by atoms with Gasteiger partial charge in [0.15, 0.2) is 6.61 Å². The molecule has 0 unspecified atom stereocenters. The number of hydrogen-bond acceptors (Lipinski definition) is 8. The van der Waals surface area contributed by atoms with E-state index in [1.54, 1.807) is 18.1 Å². The fourth-order valence-electron chi connectivity index (χ4n) is 4.03. The smallest absolute Gasteiger partial charge is 0.265 e. The lowest BCUT2D eigenvalue weighted by Gasteiger charge is -2.30. The van der Waals surface area contributed by atoms with Crippen molar-refractivity contribution in [2.45, 2.75) is 39.3 Å². The molecule has 0 radical (unpaired) electrons. The van der Waals surface area contributed by atoms with Crippen LogP contribution in [0.25, 0.3) is 6.08 Å². The number of thioether (sulfide) groups is 1. The van der Waals surface area contributed by atoms with Gasteiger partial charge in [-0.25, -0.2) is 0 Å². The van der Waals surface area contributed by atoms with Crippen molar-refractivity contribution in [1.82, 2.24) is 5.32 Å². The molecule has 1 N–H and O–H groups in total. The van der Waals surface area contributed by atoms with Crippen molar-refractivity contribution in [3.05, 3.63) is 63.6 Å². The first-order valence-corrected chi connectivity index (χ1v) is 13.5. The normalized spacial score (nSPS) is 16.6. The summed E-state index contributed by atoms with van der Waals surface area (Å²) >= 11 is 6.31. The number of nitrogens with zero attached hydrogens (tertiary/aromatic N) is 1. The highest BCUT2D eigenvalue weighted by Gasteiger charge is 2.27. The van der Waals surface area contributed by atoms with E-state index in [0.717, 1.165) is 22.3 Å². The Balaban J connectivity index is 1.58. The van der Waals surface area contributed by atoms with Gasteiger partial charge in [-0.3, -0.25) is 9.59 Å². The summed E-state index contributed by atoms with van der Waals surface area (Å²) in [5.74, 6) is 0.260. The van der Waals surface area contributed by atoms with Crippen molar-refractivity contribution in [3.8, 4) is 5.75 Å². The Morgan fingerprint density at radius 2 is 1.89 bits per heavy atom. The van der Waals surface area contributed by atoms with E-state index in [0.29, 0.717) is 47.0 Å². The second-order valence-electron chi connectivity index (χ2n) is 10.0. The summed E-state index contributed by atoms with van der Waals surface area (Å²) in [7, 11) is 1.63. The Morgan fingerprint density at radius 3 is 2.61 bits per heavy atom. The van der Waals surface area contributed by atoms with Gasteiger partial charge in [0.25, 0.3) is 11.8 Å². The number of benzene rings is 2. The van der Waals surface area contributed by atoms with Crippen molar-refractivity contribution >= 4 is 51.9 Å². The van der Waals surface area contributed by atoms with Crippen molar-refractivity contribution in [3.63, 3.8) is 0 Å². The van der Waals surface area contributed by atoms with E-state index in [1.165, 1.54) is 11.8 Å². The lowest BCUT2D eigenvalue weighted by molar-refractivity contribution is -0.121. The second-order valence-corrected chi connectivity index (χ2v) is 11.7. The minimum atomic E-state index is -0.222. The molecule has 2 heterocycles. The minimum Gasteiger partial charge on any atom is -0.482 e. The largest absolute Gasteiger partial charge is 0.482 e. The van der Waals surface area contributed by atoms with Crippen LogP contribution >= 0.6 is 24.0 Å². The molecule has 8 nitrogen and oxygen atoms in total. The lowest BCUT2D eigenvalue weighted by Crippen LogP contribution is -2.38. The maximum Gasteiger partial charge on any atom is 0.265 e. The van der Waals surface area contributed by atoms with Gasteiger partial charge in [0, 0.05) is 7.11 Å². The second kappa shape index (κ2) is 12.4. The summed E-state index contributed by atoms with van der Waals surface area (Å²) < 4.78 is 22.3. The Morgan fingerprint density at radius 1 is 1.11 bits per heavy atom. The summed E-state index contributed by atoms with van der Waals surface area (Å²) in [6.45, 7) is 8.35. The summed E-state index contributed by atoms with van der Waals surface area (Å²) in [4.78, 5) is 27.4. The standard InChI is InChI=1S/C28H32N2O6S2/c1-28(2,3)21-10-19(9-20(11-21)15-35-17-34-8-7-33-4)14-30-22-12-18(5-6-23(22)36-16-25(30)31)13-24-26(32)29-27(37)38-24/h5-6,9-13H,7-8,14-17H2,1-4H3,(H,29,32,37)/b24-13-. The van der Waals surface area contributed by atoms with Gasteiger partial charge in [-0.15, -0.1) is 0 Å². The molecule has 38 heavy (non-hydrogen) atoms. The summed E-state index contributed by atoms with van der Waals surface area (Å²) in [6, 6.07) is 11.9. The van der Waals surface area contributed by atoms with Gasteiger partial charge in [0.1, 0.15) is 16.9 Å². The molecule has 202 valence electrons. The SMILES string of the molecule is COCCOCOCc1cc(CN2C(=O)COc3ccc(/C=C4\SC(=S)NC4=O)cc32)cc(C(C)(C)C)c1. The first-order chi connectivity index (χ1) is 18.1. The summed E-state index contributed by atoms with van der Waals surface area (Å²) in [5, 5.41) is 2.62. The van der Waals surface area contributed by atoms with E-state index in [4.69, 9.17) is 31.2 Å². The number of nitrogens with one attached hydrogen (secondary N) is 1. The molecule has 0 saturated carbocycles. The predicted molar refractivity (Wildman–Crippen MR) is 152 cm³/mol. The average molecular weight is 557 g/mol. The van der Waals surface area contributed by atoms with Gasteiger partial charge >= 0.3 is 0 Å². The third-order valence-electron chi connectivity index (χ3n) is 5.99. The molecule has 2 amide bonds. The van der Waals surface area contributed by atoms with Gasteiger partial charge in [0.05, 0.1) is 37.0 Å². The zero-order chi connectivity index (χ0) is 27.3. The molecule has 2 aromatic rings. The van der Waals surface area contributed by atoms with Crippen LogP contribution in [-0.2, 0) is 42.4 Å². The Bertz CT molecular complexity index is 1250. The highest BCUT2D eigenvalue weighted by atomic mass is 32.2. The lowest BCUT2D eigenvalue weighted by atomic mass is 9.85. The molecule has 4 rings (SSSR count). The molecule has 0 spiro atoms. The van der Waals surface area contributed by atoms with E-state index in [1.807, 2.05) is 18.2 Å². The molecular formula is C28H32N2O6S2. The third kappa shape index (κ3) is 7.21. The van der Waals surface area contributed by atoms with E-state index in [-0.39, 0.29) is 30.6 Å². The maximum absolute atomic E-state index is 13.0. The number of anilines is 1. The van der Waals surface area contributed by atoms with Gasteiger partial charge < -0.3 is 29.2 Å². The van der Waals surface area contributed by atoms with Crippen LogP contribution in [0.15, 0.2) is 41.3 Å². The molecule has 2 aliphatic rings. The van der Waals surface area contributed by atoms with Crippen LogP contribution in [0, 0.1) is 0 Å². The van der Waals surface area contributed by atoms with Crippen LogP contribution < -0.4 is 15.0 Å². The van der Waals surface area contributed by atoms with Crippen LogP contribution in [-0.4, -0.2) is 49.9 Å². The van der Waals surface area contributed by atoms with Gasteiger partial charge in [-0.05, 0) is 45.9 Å². The molecular weight excluding hydrogens is 524 g/mol.